The fraction of sp³-hybridized carbons (Fsp3) is 0.0714. The van der Waals surface area contributed by atoms with Crippen LogP contribution in [0.15, 0.2) is 40.4 Å². The van der Waals surface area contributed by atoms with Crippen molar-refractivity contribution in [1.82, 2.24) is 4.98 Å². The smallest absolute Gasteiger partial charge is 0.146 e. The van der Waals surface area contributed by atoms with Crippen molar-refractivity contribution in [2.24, 2.45) is 0 Å². The zero-order valence-electron chi connectivity index (χ0n) is 10.3. The van der Waals surface area contributed by atoms with Crippen LogP contribution in [0, 0.1) is 5.82 Å². The zero-order chi connectivity index (χ0) is 13.9. The first-order valence-corrected chi connectivity index (χ1v) is 8.08. The predicted molar refractivity (Wildman–Crippen MR) is 84.2 cm³/mol. The minimum atomic E-state index is -0.317. The van der Waals surface area contributed by atoms with E-state index in [2.05, 4.69) is 15.7 Å². The summed E-state index contributed by atoms with van der Waals surface area (Å²) < 4.78 is 13.6. The van der Waals surface area contributed by atoms with Crippen LogP contribution in [0.25, 0.3) is 10.6 Å². The summed E-state index contributed by atoms with van der Waals surface area (Å²) >= 11 is 9.08. The van der Waals surface area contributed by atoms with Gasteiger partial charge >= 0.3 is 0 Å². The lowest BCUT2D eigenvalue weighted by atomic mass is 10.3. The molecule has 6 heteroatoms. The van der Waals surface area contributed by atoms with E-state index in [9.17, 15) is 4.39 Å². The molecule has 0 amide bonds. The molecule has 0 unspecified atom stereocenters. The number of nitrogens with zero attached hydrogens (tertiary/aromatic N) is 1. The second kappa shape index (κ2) is 5.91. The first-order valence-electron chi connectivity index (χ1n) is 5.88. The van der Waals surface area contributed by atoms with Gasteiger partial charge in [-0.05, 0) is 29.6 Å². The van der Waals surface area contributed by atoms with Gasteiger partial charge in [-0.15, -0.1) is 11.3 Å². The van der Waals surface area contributed by atoms with Crippen molar-refractivity contribution in [2.45, 2.75) is 6.54 Å². The number of aromatic nitrogens is 1. The molecule has 0 aliphatic heterocycles. The van der Waals surface area contributed by atoms with Crippen LogP contribution in [-0.2, 0) is 6.54 Å². The van der Waals surface area contributed by atoms with Crippen molar-refractivity contribution >= 4 is 40.0 Å². The number of thiophene rings is 1. The van der Waals surface area contributed by atoms with Crippen molar-refractivity contribution in [3.63, 3.8) is 0 Å². The molecule has 1 aromatic carbocycles. The predicted octanol–water partition coefficient (Wildman–Crippen LogP) is 5.28. The Hall–Kier alpha value is -1.43. The van der Waals surface area contributed by atoms with Gasteiger partial charge in [-0.1, -0.05) is 11.6 Å². The number of halogens is 2. The molecule has 0 aliphatic carbocycles. The van der Waals surface area contributed by atoms with Gasteiger partial charge in [0.15, 0.2) is 0 Å². The number of anilines is 1. The molecule has 2 heterocycles. The molecule has 0 aliphatic rings. The second-order valence-electron chi connectivity index (χ2n) is 4.13. The first kappa shape index (κ1) is 13.5. The molecule has 2 aromatic heterocycles. The lowest BCUT2D eigenvalue weighted by Gasteiger charge is -2.06. The van der Waals surface area contributed by atoms with E-state index >= 15 is 0 Å². The third-order valence-electron chi connectivity index (χ3n) is 2.71. The summed E-state index contributed by atoms with van der Waals surface area (Å²) in [6.07, 6.45) is 0. The summed E-state index contributed by atoms with van der Waals surface area (Å²) in [6, 6.07) is 6.49. The average Bonchev–Trinajstić information content (AvgIpc) is 3.09. The van der Waals surface area contributed by atoms with E-state index in [0.29, 0.717) is 17.3 Å². The molecular formula is C14H10ClFN2S2. The summed E-state index contributed by atoms with van der Waals surface area (Å²) in [5, 5.41) is 10.6. The molecule has 2 nitrogen and oxygen atoms in total. The second-order valence-corrected chi connectivity index (χ2v) is 6.21. The molecule has 0 bridgehead atoms. The minimum Gasteiger partial charge on any atom is -0.377 e. The molecule has 3 aromatic rings. The van der Waals surface area contributed by atoms with Crippen LogP contribution in [0.2, 0.25) is 5.02 Å². The third kappa shape index (κ3) is 3.00. The molecule has 3 rings (SSSR count). The highest BCUT2D eigenvalue weighted by Gasteiger charge is 2.07. The lowest BCUT2D eigenvalue weighted by molar-refractivity contribution is 0.630. The van der Waals surface area contributed by atoms with Crippen LogP contribution in [0.5, 0.6) is 0 Å². The third-order valence-corrected chi connectivity index (χ3v) is 4.57. The molecule has 0 radical (unpaired) electrons. The summed E-state index contributed by atoms with van der Waals surface area (Å²) in [4.78, 5) is 4.53. The summed E-state index contributed by atoms with van der Waals surface area (Å²) in [7, 11) is 0. The minimum absolute atomic E-state index is 0.317. The Morgan fingerprint density at radius 3 is 2.95 bits per heavy atom. The highest BCUT2D eigenvalue weighted by atomic mass is 35.5. The molecule has 0 saturated heterocycles. The molecule has 20 heavy (non-hydrogen) atoms. The van der Waals surface area contributed by atoms with E-state index in [1.54, 1.807) is 28.7 Å². The fourth-order valence-electron chi connectivity index (χ4n) is 1.73. The van der Waals surface area contributed by atoms with Gasteiger partial charge in [0.05, 0.1) is 17.9 Å². The number of benzene rings is 1. The standard InChI is InChI=1S/C14H10ClFN2S2/c15-10-1-2-12(16)13(5-10)17-6-11-8-20-14(18-11)9-3-4-19-7-9/h1-5,7-8,17H,6H2. The van der Waals surface area contributed by atoms with Gasteiger partial charge in [-0.25, -0.2) is 9.37 Å². The SMILES string of the molecule is Fc1ccc(Cl)cc1NCc1csc(-c2ccsc2)n1. The topological polar surface area (TPSA) is 24.9 Å². The van der Waals surface area contributed by atoms with Crippen LogP contribution in [0.4, 0.5) is 10.1 Å². The van der Waals surface area contributed by atoms with Crippen molar-refractivity contribution < 1.29 is 4.39 Å². The highest BCUT2D eigenvalue weighted by molar-refractivity contribution is 7.14. The van der Waals surface area contributed by atoms with Crippen molar-refractivity contribution in [1.29, 1.82) is 0 Å². The summed E-state index contributed by atoms with van der Waals surface area (Å²) in [5.41, 5.74) is 2.40. The Balaban J connectivity index is 1.71. The van der Waals surface area contributed by atoms with Crippen LogP contribution in [0.3, 0.4) is 0 Å². The van der Waals surface area contributed by atoms with Crippen molar-refractivity contribution in [2.75, 3.05) is 5.32 Å². The zero-order valence-corrected chi connectivity index (χ0v) is 12.7. The summed E-state index contributed by atoms with van der Waals surface area (Å²) in [6.45, 7) is 0.470. The van der Waals surface area contributed by atoms with E-state index < -0.39 is 0 Å². The van der Waals surface area contributed by atoms with E-state index in [1.807, 2.05) is 16.8 Å². The number of hydrogen-bond donors (Lipinski definition) is 1. The number of rotatable bonds is 4. The van der Waals surface area contributed by atoms with Crippen LogP contribution < -0.4 is 5.32 Å². The van der Waals surface area contributed by atoms with E-state index in [4.69, 9.17) is 11.6 Å². The van der Waals surface area contributed by atoms with Gasteiger partial charge in [-0.2, -0.15) is 11.3 Å². The van der Waals surface area contributed by atoms with Gasteiger partial charge in [0, 0.05) is 21.3 Å². The normalized spacial score (nSPS) is 10.7. The maximum absolute atomic E-state index is 13.6. The van der Waals surface area contributed by atoms with Crippen LogP contribution >= 0.6 is 34.3 Å². The average molecular weight is 325 g/mol. The molecule has 0 saturated carbocycles. The summed E-state index contributed by atoms with van der Waals surface area (Å²) in [5.74, 6) is -0.317. The molecule has 1 N–H and O–H groups in total. The monoisotopic (exact) mass is 324 g/mol. The number of thiazole rings is 1. The molecule has 0 atom stereocenters. The quantitative estimate of drug-likeness (QED) is 0.706. The Kier molecular flexibility index (Phi) is 4.00. The van der Waals surface area contributed by atoms with Crippen LogP contribution in [-0.4, -0.2) is 4.98 Å². The Morgan fingerprint density at radius 1 is 1.25 bits per heavy atom. The van der Waals surface area contributed by atoms with E-state index in [-0.39, 0.29) is 5.82 Å². The Bertz CT molecular complexity index is 710. The maximum Gasteiger partial charge on any atom is 0.146 e. The molecular weight excluding hydrogens is 315 g/mol. The van der Waals surface area contributed by atoms with Gasteiger partial charge in [0.1, 0.15) is 10.8 Å². The Morgan fingerprint density at radius 2 is 2.15 bits per heavy atom. The first-order chi connectivity index (χ1) is 9.72. The lowest BCUT2D eigenvalue weighted by Crippen LogP contribution is -2.01. The van der Waals surface area contributed by atoms with Crippen LogP contribution in [0.1, 0.15) is 5.69 Å². The Labute approximate surface area is 128 Å². The molecule has 102 valence electrons. The number of hydrogen-bond acceptors (Lipinski definition) is 4. The maximum atomic E-state index is 13.6. The largest absolute Gasteiger partial charge is 0.377 e. The van der Waals surface area contributed by atoms with Gasteiger partial charge in [0.2, 0.25) is 0 Å². The molecule has 0 fully saturated rings. The van der Waals surface area contributed by atoms with Crippen molar-refractivity contribution in [3.05, 3.63) is 56.9 Å². The van der Waals surface area contributed by atoms with Gasteiger partial charge in [-0.3, -0.25) is 0 Å². The molecule has 0 spiro atoms. The number of nitrogens with one attached hydrogen (secondary N) is 1. The van der Waals surface area contributed by atoms with E-state index in [0.717, 1.165) is 16.3 Å². The highest BCUT2D eigenvalue weighted by Crippen LogP contribution is 2.26. The fourth-order valence-corrected chi connectivity index (χ4v) is 3.43. The van der Waals surface area contributed by atoms with Gasteiger partial charge in [0.25, 0.3) is 0 Å². The van der Waals surface area contributed by atoms with Crippen molar-refractivity contribution in [3.8, 4) is 10.6 Å². The van der Waals surface area contributed by atoms with E-state index in [1.165, 1.54) is 12.1 Å². The van der Waals surface area contributed by atoms with Gasteiger partial charge < -0.3 is 5.32 Å².